The van der Waals surface area contributed by atoms with Crippen LogP contribution in [0.4, 0.5) is 4.39 Å². The number of halogens is 1. The molecule has 0 unspecified atom stereocenters. The van der Waals surface area contributed by atoms with Gasteiger partial charge in [-0.2, -0.15) is 0 Å². The number of primary amides is 1. The molecule has 0 aliphatic carbocycles. The second-order valence-electron chi connectivity index (χ2n) is 8.14. The summed E-state index contributed by atoms with van der Waals surface area (Å²) in [7, 11) is 0. The molecule has 3 aromatic carbocycles. The molecule has 3 amide bonds. The quantitative estimate of drug-likeness (QED) is 0.394. The number of carbonyl (C=O) groups excluding carboxylic acids is 3. The Kier molecular flexibility index (Phi) is 8.95. The van der Waals surface area contributed by atoms with E-state index >= 15 is 0 Å². The Labute approximate surface area is 203 Å². The van der Waals surface area contributed by atoms with Crippen LogP contribution in [0.15, 0.2) is 78.9 Å². The fraction of sp³-hybridized carbons (Fsp3) is 0.222. The largest absolute Gasteiger partial charge is 0.489 e. The van der Waals surface area contributed by atoms with E-state index in [0.29, 0.717) is 12.4 Å². The van der Waals surface area contributed by atoms with Gasteiger partial charge in [0.15, 0.2) is 0 Å². The Bertz CT molecular complexity index is 1170. The fourth-order valence-corrected chi connectivity index (χ4v) is 3.57. The van der Waals surface area contributed by atoms with E-state index in [4.69, 9.17) is 10.5 Å². The van der Waals surface area contributed by atoms with Crippen LogP contribution in [0.3, 0.4) is 0 Å². The number of hydrogen-bond acceptors (Lipinski definition) is 4. The second-order valence-corrected chi connectivity index (χ2v) is 8.14. The zero-order valence-electron chi connectivity index (χ0n) is 19.4. The number of nitrogens with one attached hydrogen (secondary N) is 2. The highest BCUT2D eigenvalue weighted by Gasteiger charge is 2.26. The van der Waals surface area contributed by atoms with Gasteiger partial charge in [0.05, 0.1) is 0 Å². The summed E-state index contributed by atoms with van der Waals surface area (Å²) >= 11 is 0. The maximum Gasteiger partial charge on any atom is 0.243 e. The summed E-state index contributed by atoms with van der Waals surface area (Å²) in [6, 6.07) is 20.7. The van der Waals surface area contributed by atoms with Gasteiger partial charge in [-0.05, 0) is 34.9 Å². The van der Waals surface area contributed by atoms with Crippen molar-refractivity contribution in [2.24, 2.45) is 5.73 Å². The molecule has 182 valence electrons. The number of nitrogens with two attached hydrogens (primary N) is 1. The molecule has 0 aliphatic heterocycles. The predicted molar refractivity (Wildman–Crippen MR) is 130 cm³/mol. The van der Waals surface area contributed by atoms with Crippen molar-refractivity contribution in [2.75, 3.05) is 0 Å². The van der Waals surface area contributed by atoms with Crippen LogP contribution in [-0.2, 0) is 33.8 Å². The molecule has 35 heavy (non-hydrogen) atoms. The predicted octanol–water partition coefficient (Wildman–Crippen LogP) is 2.66. The van der Waals surface area contributed by atoms with Gasteiger partial charge in [-0.3, -0.25) is 14.4 Å². The Morgan fingerprint density at radius 1 is 0.857 bits per heavy atom. The second kappa shape index (κ2) is 12.3. The normalized spacial score (nSPS) is 12.3. The highest BCUT2D eigenvalue weighted by molar-refractivity contribution is 5.91. The minimum atomic E-state index is -1.08. The topological polar surface area (TPSA) is 111 Å². The minimum absolute atomic E-state index is 0.0770. The van der Waals surface area contributed by atoms with Crippen molar-refractivity contribution >= 4 is 17.7 Å². The van der Waals surface area contributed by atoms with Gasteiger partial charge in [-0.15, -0.1) is 0 Å². The van der Waals surface area contributed by atoms with Crippen LogP contribution in [-0.4, -0.2) is 29.8 Å². The average molecular weight is 478 g/mol. The molecule has 4 N–H and O–H groups in total. The van der Waals surface area contributed by atoms with Gasteiger partial charge in [-0.1, -0.05) is 60.7 Å². The third kappa shape index (κ3) is 7.96. The third-order valence-electron chi connectivity index (χ3n) is 5.32. The van der Waals surface area contributed by atoms with Gasteiger partial charge in [0.1, 0.15) is 30.3 Å². The molecular weight excluding hydrogens is 449 g/mol. The van der Waals surface area contributed by atoms with E-state index in [-0.39, 0.29) is 18.4 Å². The zero-order chi connectivity index (χ0) is 25.2. The van der Waals surface area contributed by atoms with Gasteiger partial charge in [0, 0.05) is 19.8 Å². The first kappa shape index (κ1) is 25.4. The molecule has 3 rings (SSSR count). The lowest BCUT2D eigenvalue weighted by molar-refractivity contribution is -0.130. The molecule has 0 spiro atoms. The van der Waals surface area contributed by atoms with Crippen molar-refractivity contribution in [3.63, 3.8) is 0 Å². The first-order valence-electron chi connectivity index (χ1n) is 11.2. The van der Waals surface area contributed by atoms with E-state index in [1.165, 1.54) is 25.1 Å². The van der Waals surface area contributed by atoms with Crippen LogP contribution < -0.4 is 21.1 Å². The number of amides is 3. The lowest BCUT2D eigenvalue weighted by Crippen LogP contribution is -2.54. The number of rotatable bonds is 11. The van der Waals surface area contributed by atoms with E-state index in [9.17, 15) is 18.8 Å². The van der Waals surface area contributed by atoms with E-state index in [1.54, 1.807) is 30.3 Å². The minimum Gasteiger partial charge on any atom is -0.489 e. The van der Waals surface area contributed by atoms with Crippen LogP contribution >= 0.6 is 0 Å². The molecule has 7 nitrogen and oxygen atoms in total. The molecule has 0 fully saturated rings. The van der Waals surface area contributed by atoms with Gasteiger partial charge in [-0.25, -0.2) is 4.39 Å². The van der Waals surface area contributed by atoms with Gasteiger partial charge in [0.2, 0.25) is 17.7 Å². The Balaban J connectivity index is 1.68. The molecule has 0 saturated carbocycles. The number of hydrogen-bond donors (Lipinski definition) is 3. The van der Waals surface area contributed by atoms with Crippen molar-refractivity contribution in [2.45, 2.75) is 38.5 Å². The van der Waals surface area contributed by atoms with E-state index < -0.39 is 35.6 Å². The Morgan fingerprint density at radius 2 is 1.54 bits per heavy atom. The van der Waals surface area contributed by atoms with Crippen LogP contribution in [0.25, 0.3) is 0 Å². The van der Waals surface area contributed by atoms with E-state index in [2.05, 4.69) is 10.6 Å². The molecule has 0 bridgehead atoms. The number of carbonyl (C=O) groups is 3. The molecule has 0 saturated heterocycles. The third-order valence-corrected chi connectivity index (χ3v) is 5.32. The molecule has 8 heteroatoms. The van der Waals surface area contributed by atoms with Gasteiger partial charge < -0.3 is 21.1 Å². The average Bonchev–Trinajstić information content (AvgIpc) is 2.84. The van der Waals surface area contributed by atoms with Gasteiger partial charge >= 0.3 is 0 Å². The summed E-state index contributed by atoms with van der Waals surface area (Å²) in [5, 5.41) is 5.11. The highest BCUT2D eigenvalue weighted by Crippen LogP contribution is 2.17. The van der Waals surface area contributed by atoms with Crippen LogP contribution in [0.1, 0.15) is 23.6 Å². The summed E-state index contributed by atoms with van der Waals surface area (Å²) in [6.07, 6.45) is 0.0441. The first-order chi connectivity index (χ1) is 16.8. The lowest BCUT2D eigenvalue weighted by atomic mass is 10.0. The SMILES string of the molecule is CC(=O)N[C@H](Cc1ccccc1F)C(=O)N[C@H](Cc1cccc(OCc2ccccc2)c1)C(N)=O. The number of benzene rings is 3. The maximum atomic E-state index is 14.1. The molecule has 0 aromatic heterocycles. The summed E-state index contributed by atoms with van der Waals surface area (Å²) in [5.74, 6) is -1.71. The Morgan fingerprint density at radius 3 is 2.23 bits per heavy atom. The molecule has 3 aromatic rings. The molecule has 0 heterocycles. The van der Waals surface area contributed by atoms with Crippen molar-refractivity contribution in [1.29, 1.82) is 0 Å². The zero-order valence-corrected chi connectivity index (χ0v) is 19.4. The molecular formula is C27H28FN3O4. The smallest absolute Gasteiger partial charge is 0.243 e. The number of ether oxygens (including phenoxy) is 1. The van der Waals surface area contributed by atoms with E-state index in [1.807, 2.05) is 30.3 Å². The monoisotopic (exact) mass is 477 g/mol. The van der Waals surface area contributed by atoms with Gasteiger partial charge in [0.25, 0.3) is 0 Å². The van der Waals surface area contributed by atoms with Crippen LogP contribution in [0, 0.1) is 5.82 Å². The molecule has 2 atom stereocenters. The molecule has 0 radical (unpaired) electrons. The first-order valence-corrected chi connectivity index (χ1v) is 11.2. The van der Waals surface area contributed by atoms with Crippen molar-refractivity contribution in [3.8, 4) is 5.75 Å². The van der Waals surface area contributed by atoms with Crippen LogP contribution in [0.2, 0.25) is 0 Å². The summed E-state index contributed by atoms with van der Waals surface area (Å²) in [6.45, 7) is 1.64. The van der Waals surface area contributed by atoms with Crippen molar-refractivity contribution in [1.82, 2.24) is 10.6 Å². The summed E-state index contributed by atoms with van der Waals surface area (Å²) in [5.41, 5.74) is 7.56. The highest BCUT2D eigenvalue weighted by atomic mass is 19.1. The van der Waals surface area contributed by atoms with E-state index in [0.717, 1.165) is 11.1 Å². The van der Waals surface area contributed by atoms with Crippen molar-refractivity contribution in [3.05, 3.63) is 101 Å². The molecule has 0 aliphatic rings. The summed E-state index contributed by atoms with van der Waals surface area (Å²) < 4.78 is 19.9. The van der Waals surface area contributed by atoms with Crippen LogP contribution in [0.5, 0.6) is 5.75 Å². The Hall–Kier alpha value is -4.20. The lowest BCUT2D eigenvalue weighted by Gasteiger charge is -2.22. The maximum absolute atomic E-state index is 14.1. The summed E-state index contributed by atoms with van der Waals surface area (Å²) in [4.78, 5) is 36.7. The fourth-order valence-electron chi connectivity index (χ4n) is 3.57. The van der Waals surface area contributed by atoms with Crippen molar-refractivity contribution < 1.29 is 23.5 Å². The standard InChI is InChI=1S/C27H28FN3O4/c1-18(32)30-25(16-21-11-5-6-13-23(21)28)27(34)31-24(26(29)33)15-20-10-7-12-22(14-20)35-17-19-8-3-2-4-9-19/h2-14,24-25H,15-17H2,1H3,(H2,29,33)(H,30,32)(H,31,34)/t24-,25-/m1/s1.